The number of carbonyl (C=O) groups excluding carboxylic acids is 1. The first kappa shape index (κ1) is 15.3. The summed E-state index contributed by atoms with van der Waals surface area (Å²) < 4.78 is 18.8. The highest BCUT2D eigenvalue weighted by Gasteiger charge is 2.17. The molecule has 1 N–H and O–H groups in total. The molecule has 3 rings (SSSR count). The molecule has 0 saturated heterocycles. The van der Waals surface area contributed by atoms with E-state index in [0.29, 0.717) is 33.4 Å². The molecule has 0 aliphatic heterocycles. The first-order chi connectivity index (χ1) is 11.0. The second-order valence-corrected chi connectivity index (χ2v) is 5.43. The third-order valence-corrected chi connectivity index (χ3v) is 3.71. The molecule has 0 aliphatic carbocycles. The molecule has 0 atom stereocenters. The van der Waals surface area contributed by atoms with Crippen LogP contribution in [0.2, 0.25) is 5.02 Å². The van der Waals surface area contributed by atoms with Crippen LogP contribution in [0.4, 0.5) is 10.1 Å². The Balaban J connectivity index is 1.89. The Morgan fingerprint density at radius 1 is 1.13 bits per heavy atom. The summed E-state index contributed by atoms with van der Waals surface area (Å²) in [5.74, 6) is 0.199. The Labute approximate surface area is 137 Å². The normalized spacial score (nSPS) is 10.6. The molecule has 2 aromatic carbocycles. The van der Waals surface area contributed by atoms with E-state index < -0.39 is 5.82 Å². The number of aryl methyl sites for hydroxylation is 1. The Morgan fingerprint density at radius 2 is 1.91 bits per heavy atom. The lowest BCUT2D eigenvalue weighted by molar-refractivity contribution is 0.102. The zero-order chi connectivity index (χ0) is 16.4. The molecule has 116 valence electrons. The zero-order valence-electron chi connectivity index (χ0n) is 12.3. The van der Waals surface area contributed by atoms with Crippen LogP contribution in [0.5, 0.6) is 0 Å². The molecule has 3 aromatic rings. The van der Waals surface area contributed by atoms with Gasteiger partial charge in [0.05, 0.1) is 10.6 Å². The molecule has 3 nitrogen and oxygen atoms in total. The van der Waals surface area contributed by atoms with Gasteiger partial charge >= 0.3 is 0 Å². The Morgan fingerprint density at radius 3 is 2.65 bits per heavy atom. The van der Waals surface area contributed by atoms with E-state index in [2.05, 4.69) is 5.32 Å². The maximum absolute atomic E-state index is 13.2. The van der Waals surface area contributed by atoms with Crippen LogP contribution in [0, 0.1) is 12.7 Å². The number of rotatable bonds is 3. The average Bonchev–Trinajstić information content (AvgIpc) is 2.89. The fourth-order valence-corrected chi connectivity index (χ4v) is 2.49. The van der Waals surface area contributed by atoms with Gasteiger partial charge in [-0.25, -0.2) is 4.39 Å². The van der Waals surface area contributed by atoms with Gasteiger partial charge in [0.1, 0.15) is 17.3 Å². The van der Waals surface area contributed by atoms with Gasteiger partial charge in [-0.3, -0.25) is 4.79 Å². The number of nitrogens with one attached hydrogen (secondary N) is 1. The highest BCUT2D eigenvalue weighted by molar-refractivity contribution is 6.33. The number of hydrogen-bond acceptors (Lipinski definition) is 2. The van der Waals surface area contributed by atoms with Gasteiger partial charge in [-0.15, -0.1) is 0 Å². The van der Waals surface area contributed by atoms with Gasteiger partial charge in [0.15, 0.2) is 0 Å². The summed E-state index contributed by atoms with van der Waals surface area (Å²) in [6, 6.07) is 14.6. The highest BCUT2D eigenvalue weighted by Crippen LogP contribution is 2.31. The molecule has 1 heterocycles. The molecule has 0 fully saturated rings. The predicted molar refractivity (Wildman–Crippen MR) is 88.2 cm³/mol. The van der Waals surface area contributed by atoms with Crippen molar-refractivity contribution in [1.82, 2.24) is 0 Å². The summed E-state index contributed by atoms with van der Waals surface area (Å²) in [6.45, 7) is 1.70. The van der Waals surface area contributed by atoms with Crippen molar-refractivity contribution in [3.05, 3.63) is 76.8 Å². The third-order valence-electron chi connectivity index (χ3n) is 3.38. The van der Waals surface area contributed by atoms with Crippen LogP contribution in [0.3, 0.4) is 0 Å². The van der Waals surface area contributed by atoms with Gasteiger partial charge in [0.2, 0.25) is 0 Å². The number of hydrogen-bond donors (Lipinski definition) is 1. The zero-order valence-corrected chi connectivity index (χ0v) is 13.0. The monoisotopic (exact) mass is 329 g/mol. The van der Waals surface area contributed by atoms with Gasteiger partial charge in [0, 0.05) is 11.3 Å². The van der Waals surface area contributed by atoms with E-state index in [4.69, 9.17) is 16.0 Å². The molecule has 1 aromatic heterocycles. The van der Waals surface area contributed by atoms with Crippen LogP contribution >= 0.6 is 11.6 Å². The molecule has 0 unspecified atom stereocenters. The summed E-state index contributed by atoms with van der Waals surface area (Å²) in [6.07, 6.45) is 0. The van der Waals surface area contributed by atoms with E-state index in [0.717, 1.165) is 0 Å². The maximum atomic E-state index is 13.2. The molecular weight excluding hydrogens is 317 g/mol. The fourth-order valence-electron chi connectivity index (χ4n) is 2.27. The Kier molecular flexibility index (Phi) is 4.17. The molecule has 1 amide bonds. The lowest BCUT2D eigenvalue weighted by Crippen LogP contribution is -2.12. The minimum Gasteiger partial charge on any atom is -0.460 e. The topological polar surface area (TPSA) is 42.2 Å². The minimum absolute atomic E-state index is 0.366. The summed E-state index contributed by atoms with van der Waals surface area (Å²) in [5.41, 5.74) is 1.47. The quantitative estimate of drug-likeness (QED) is 0.708. The molecule has 5 heteroatoms. The van der Waals surface area contributed by atoms with Gasteiger partial charge in [-0.05, 0) is 43.3 Å². The van der Waals surface area contributed by atoms with Crippen molar-refractivity contribution in [3.8, 4) is 11.3 Å². The Bertz CT molecular complexity index is 873. The van der Waals surface area contributed by atoms with Gasteiger partial charge in [0.25, 0.3) is 5.91 Å². The van der Waals surface area contributed by atoms with E-state index in [1.165, 1.54) is 18.2 Å². The Hall–Kier alpha value is -2.59. The van der Waals surface area contributed by atoms with Crippen molar-refractivity contribution >= 4 is 23.2 Å². The van der Waals surface area contributed by atoms with Crippen LogP contribution in [0.1, 0.15) is 16.1 Å². The predicted octanol–water partition coefficient (Wildman–Crippen LogP) is 5.30. The first-order valence-corrected chi connectivity index (χ1v) is 7.34. The smallest absolute Gasteiger partial charge is 0.259 e. The first-order valence-electron chi connectivity index (χ1n) is 6.97. The van der Waals surface area contributed by atoms with Gasteiger partial charge in [-0.2, -0.15) is 0 Å². The lowest BCUT2D eigenvalue weighted by atomic mass is 10.1. The standard InChI is InChI=1S/C18H13ClFNO2/c1-11-15(18(22)21-13-6-4-5-12(20)9-13)10-17(23-11)14-7-2-3-8-16(14)19/h2-10H,1H3,(H,21,22). The van der Waals surface area contributed by atoms with E-state index >= 15 is 0 Å². The van der Waals surface area contributed by atoms with E-state index in [1.807, 2.05) is 18.2 Å². The van der Waals surface area contributed by atoms with Crippen LogP contribution in [-0.4, -0.2) is 5.91 Å². The van der Waals surface area contributed by atoms with Gasteiger partial charge < -0.3 is 9.73 Å². The summed E-state index contributed by atoms with van der Waals surface area (Å²) >= 11 is 6.14. The SMILES string of the molecule is Cc1oc(-c2ccccc2Cl)cc1C(=O)Nc1cccc(F)c1. The maximum Gasteiger partial charge on any atom is 0.259 e. The van der Waals surface area contributed by atoms with Crippen molar-refractivity contribution in [1.29, 1.82) is 0 Å². The largest absolute Gasteiger partial charge is 0.460 e. The van der Waals surface area contributed by atoms with E-state index in [9.17, 15) is 9.18 Å². The number of benzene rings is 2. The van der Waals surface area contributed by atoms with Crippen LogP contribution in [-0.2, 0) is 0 Å². The molecule has 0 aliphatic rings. The van der Waals surface area contributed by atoms with Crippen molar-refractivity contribution in [2.45, 2.75) is 6.92 Å². The number of halogens is 2. The molecule has 0 spiro atoms. The number of furan rings is 1. The number of amides is 1. The van der Waals surface area contributed by atoms with Crippen molar-refractivity contribution in [2.24, 2.45) is 0 Å². The average molecular weight is 330 g/mol. The summed E-state index contributed by atoms with van der Waals surface area (Å²) in [4.78, 5) is 12.3. The molecule has 23 heavy (non-hydrogen) atoms. The second kappa shape index (κ2) is 6.26. The summed E-state index contributed by atoms with van der Waals surface area (Å²) in [7, 11) is 0. The van der Waals surface area contributed by atoms with E-state index in [-0.39, 0.29) is 5.91 Å². The number of carbonyl (C=O) groups is 1. The fraction of sp³-hybridized carbons (Fsp3) is 0.0556. The second-order valence-electron chi connectivity index (χ2n) is 5.02. The molecule has 0 saturated carbocycles. The van der Waals surface area contributed by atoms with Crippen LogP contribution in [0.25, 0.3) is 11.3 Å². The lowest BCUT2D eigenvalue weighted by Gasteiger charge is -2.03. The summed E-state index contributed by atoms with van der Waals surface area (Å²) in [5, 5.41) is 3.19. The van der Waals surface area contributed by atoms with Crippen molar-refractivity contribution in [3.63, 3.8) is 0 Å². The van der Waals surface area contributed by atoms with Crippen LogP contribution in [0.15, 0.2) is 59.0 Å². The minimum atomic E-state index is -0.413. The molecule has 0 radical (unpaired) electrons. The molecular formula is C18H13ClFNO2. The number of anilines is 1. The van der Waals surface area contributed by atoms with Crippen LogP contribution < -0.4 is 5.32 Å². The van der Waals surface area contributed by atoms with E-state index in [1.54, 1.807) is 25.1 Å². The van der Waals surface area contributed by atoms with Crippen molar-refractivity contribution in [2.75, 3.05) is 5.32 Å². The highest BCUT2D eigenvalue weighted by atomic mass is 35.5. The van der Waals surface area contributed by atoms with Crippen molar-refractivity contribution < 1.29 is 13.6 Å². The van der Waals surface area contributed by atoms with Gasteiger partial charge in [-0.1, -0.05) is 29.8 Å². The third kappa shape index (κ3) is 3.27. The molecule has 0 bridgehead atoms.